The second kappa shape index (κ2) is 4.50. The standard InChI is InChI=1S/C12H13F2NO3S/c13-8-2-1-3-9(14)12(8)19(16,17)15-10-6-11-7(10)4-5-18-11/h1-3,7,10-11,15H,4-6H2/t7-,10+,11+/m1/s1. The van der Waals surface area contributed by atoms with Gasteiger partial charge in [-0.15, -0.1) is 0 Å². The Kier molecular flexibility index (Phi) is 3.07. The van der Waals surface area contributed by atoms with Gasteiger partial charge in [-0.25, -0.2) is 21.9 Å². The fourth-order valence-corrected chi connectivity index (χ4v) is 4.17. The van der Waals surface area contributed by atoms with Gasteiger partial charge in [-0.3, -0.25) is 0 Å². The Morgan fingerprint density at radius 1 is 1.26 bits per heavy atom. The zero-order valence-electron chi connectivity index (χ0n) is 9.97. The summed E-state index contributed by atoms with van der Waals surface area (Å²) in [5, 5.41) is 0. The van der Waals surface area contributed by atoms with Crippen molar-refractivity contribution >= 4 is 10.0 Å². The predicted octanol–water partition coefficient (Wildman–Crippen LogP) is 1.42. The van der Waals surface area contributed by atoms with Crippen LogP contribution in [-0.2, 0) is 14.8 Å². The molecular weight excluding hydrogens is 276 g/mol. The Hall–Kier alpha value is -1.05. The lowest BCUT2D eigenvalue weighted by Crippen LogP contribution is -2.53. The smallest absolute Gasteiger partial charge is 0.246 e. The first-order valence-corrected chi connectivity index (χ1v) is 7.55. The summed E-state index contributed by atoms with van der Waals surface area (Å²) in [5.74, 6) is -2.04. The Morgan fingerprint density at radius 2 is 1.95 bits per heavy atom. The van der Waals surface area contributed by atoms with Crippen molar-refractivity contribution in [3.05, 3.63) is 29.8 Å². The van der Waals surface area contributed by atoms with Gasteiger partial charge in [0.2, 0.25) is 10.0 Å². The first-order valence-electron chi connectivity index (χ1n) is 6.07. The van der Waals surface area contributed by atoms with E-state index in [0.29, 0.717) is 13.0 Å². The highest BCUT2D eigenvalue weighted by Crippen LogP contribution is 2.39. The second-order valence-corrected chi connectivity index (χ2v) is 6.53. The average Bonchev–Trinajstić information content (AvgIpc) is 2.67. The molecule has 1 saturated carbocycles. The van der Waals surface area contributed by atoms with Crippen LogP contribution in [0.3, 0.4) is 0 Å². The fraction of sp³-hybridized carbons (Fsp3) is 0.500. The molecule has 1 N–H and O–H groups in total. The molecule has 0 amide bonds. The molecule has 7 heteroatoms. The van der Waals surface area contributed by atoms with Crippen LogP contribution in [0.1, 0.15) is 12.8 Å². The molecule has 1 saturated heterocycles. The number of halogens is 2. The molecule has 2 fully saturated rings. The minimum Gasteiger partial charge on any atom is -0.378 e. The van der Waals surface area contributed by atoms with Crippen LogP contribution in [0.25, 0.3) is 0 Å². The van der Waals surface area contributed by atoms with Gasteiger partial charge in [0.05, 0.1) is 6.10 Å². The molecule has 1 aromatic rings. The Bertz CT molecular complexity index is 585. The third kappa shape index (κ3) is 2.15. The minimum atomic E-state index is -4.18. The van der Waals surface area contributed by atoms with Crippen LogP contribution in [0.5, 0.6) is 0 Å². The zero-order chi connectivity index (χ0) is 13.6. The molecule has 1 aliphatic carbocycles. The minimum absolute atomic E-state index is 0.0816. The first-order chi connectivity index (χ1) is 8.99. The summed E-state index contributed by atoms with van der Waals surface area (Å²) < 4.78 is 58.8. The summed E-state index contributed by atoms with van der Waals surface area (Å²) in [5.41, 5.74) is 0. The van der Waals surface area contributed by atoms with Crippen molar-refractivity contribution in [2.24, 2.45) is 5.92 Å². The highest BCUT2D eigenvalue weighted by Gasteiger charge is 2.47. The molecule has 0 radical (unpaired) electrons. The topological polar surface area (TPSA) is 55.4 Å². The fourth-order valence-electron chi connectivity index (χ4n) is 2.73. The number of ether oxygens (including phenoxy) is 1. The Labute approximate surface area is 109 Å². The van der Waals surface area contributed by atoms with Crippen molar-refractivity contribution < 1.29 is 21.9 Å². The van der Waals surface area contributed by atoms with Gasteiger partial charge >= 0.3 is 0 Å². The molecule has 0 spiro atoms. The van der Waals surface area contributed by atoms with Gasteiger partial charge in [0.15, 0.2) is 4.90 Å². The van der Waals surface area contributed by atoms with Crippen LogP contribution in [0, 0.1) is 17.6 Å². The van der Waals surface area contributed by atoms with E-state index in [1.807, 2.05) is 0 Å². The summed E-state index contributed by atoms with van der Waals surface area (Å²) in [6, 6.07) is 2.70. The maximum absolute atomic E-state index is 13.5. The second-order valence-electron chi connectivity index (χ2n) is 4.88. The SMILES string of the molecule is O=S(=O)(N[C@H]1C[C@@H]2OCC[C@H]12)c1c(F)cccc1F. The number of nitrogens with one attached hydrogen (secondary N) is 1. The predicted molar refractivity (Wildman–Crippen MR) is 62.9 cm³/mol. The van der Waals surface area contributed by atoms with Crippen molar-refractivity contribution in [3.8, 4) is 0 Å². The van der Waals surface area contributed by atoms with E-state index in [9.17, 15) is 17.2 Å². The monoisotopic (exact) mass is 289 g/mol. The molecule has 19 heavy (non-hydrogen) atoms. The van der Waals surface area contributed by atoms with Gasteiger partial charge in [-0.2, -0.15) is 0 Å². The molecule has 3 atom stereocenters. The molecule has 1 aromatic carbocycles. The van der Waals surface area contributed by atoms with Crippen LogP contribution < -0.4 is 4.72 Å². The first kappa shape index (κ1) is 13.0. The number of hydrogen-bond acceptors (Lipinski definition) is 3. The molecule has 0 unspecified atom stereocenters. The third-order valence-electron chi connectivity index (χ3n) is 3.76. The third-order valence-corrected chi connectivity index (χ3v) is 5.30. The highest BCUT2D eigenvalue weighted by molar-refractivity contribution is 7.89. The van der Waals surface area contributed by atoms with Crippen LogP contribution in [0.15, 0.2) is 23.1 Å². The molecule has 0 bridgehead atoms. The summed E-state index contributed by atoms with van der Waals surface area (Å²) in [7, 11) is -4.18. The van der Waals surface area contributed by atoms with Crippen LogP contribution in [0.4, 0.5) is 8.78 Å². The lowest BCUT2D eigenvalue weighted by Gasteiger charge is -2.39. The van der Waals surface area contributed by atoms with Crippen molar-refractivity contribution in [3.63, 3.8) is 0 Å². The molecule has 3 rings (SSSR count). The lowest BCUT2D eigenvalue weighted by molar-refractivity contribution is 0.0142. The number of sulfonamides is 1. The molecule has 104 valence electrons. The maximum Gasteiger partial charge on any atom is 0.246 e. The maximum atomic E-state index is 13.5. The van der Waals surface area contributed by atoms with Crippen molar-refractivity contribution in [2.45, 2.75) is 29.9 Å². The van der Waals surface area contributed by atoms with Crippen molar-refractivity contribution in [2.75, 3.05) is 6.61 Å². The number of benzene rings is 1. The van der Waals surface area contributed by atoms with Crippen molar-refractivity contribution in [1.82, 2.24) is 4.72 Å². The van der Waals surface area contributed by atoms with E-state index >= 15 is 0 Å². The Morgan fingerprint density at radius 3 is 2.58 bits per heavy atom. The normalized spacial score (nSPS) is 29.9. The molecule has 2 aliphatic rings. The summed E-state index contributed by atoms with van der Waals surface area (Å²) >= 11 is 0. The van der Waals surface area contributed by atoms with Gasteiger partial charge in [-0.1, -0.05) is 6.07 Å². The average molecular weight is 289 g/mol. The lowest BCUT2D eigenvalue weighted by atomic mass is 9.77. The molecule has 1 heterocycles. The van der Waals surface area contributed by atoms with Gasteiger partial charge in [0.1, 0.15) is 11.6 Å². The van der Waals surface area contributed by atoms with E-state index in [-0.39, 0.29) is 18.1 Å². The molecule has 0 aromatic heterocycles. The number of hydrogen-bond donors (Lipinski definition) is 1. The van der Waals surface area contributed by atoms with Gasteiger partial charge in [0, 0.05) is 18.6 Å². The van der Waals surface area contributed by atoms with Crippen LogP contribution in [0.2, 0.25) is 0 Å². The summed E-state index contributed by atoms with van der Waals surface area (Å²) in [6.07, 6.45) is 1.41. The van der Waals surface area contributed by atoms with E-state index < -0.39 is 26.6 Å². The zero-order valence-corrected chi connectivity index (χ0v) is 10.8. The van der Waals surface area contributed by atoms with Gasteiger partial charge in [0.25, 0.3) is 0 Å². The number of fused-ring (bicyclic) bond motifs is 1. The Balaban J connectivity index is 1.83. The highest BCUT2D eigenvalue weighted by atomic mass is 32.2. The van der Waals surface area contributed by atoms with Crippen LogP contribution >= 0.6 is 0 Å². The summed E-state index contributed by atoms with van der Waals surface area (Å²) in [6.45, 7) is 0.613. The molecule has 1 aliphatic heterocycles. The number of rotatable bonds is 3. The largest absolute Gasteiger partial charge is 0.378 e. The van der Waals surface area contributed by atoms with E-state index in [0.717, 1.165) is 24.6 Å². The molecule has 4 nitrogen and oxygen atoms in total. The van der Waals surface area contributed by atoms with E-state index in [4.69, 9.17) is 4.74 Å². The summed E-state index contributed by atoms with van der Waals surface area (Å²) in [4.78, 5) is -0.905. The van der Waals surface area contributed by atoms with Gasteiger partial charge < -0.3 is 4.74 Å². The van der Waals surface area contributed by atoms with Gasteiger partial charge in [-0.05, 0) is 25.0 Å². The van der Waals surface area contributed by atoms with E-state index in [1.165, 1.54) is 0 Å². The quantitative estimate of drug-likeness (QED) is 0.915. The molecular formula is C12H13F2NO3S. The van der Waals surface area contributed by atoms with Crippen molar-refractivity contribution in [1.29, 1.82) is 0 Å². The van der Waals surface area contributed by atoms with Crippen LogP contribution in [-0.4, -0.2) is 27.2 Å². The van der Waals surface area contributed by atoms with E-state index in [2.05, 4.69) is 4.72 Å². The van der Waals surface area contributed by atoms with E-state index in [1.54, 1.807) is 0 Å².